The Morgan fingerprint density at radius 2 is 1.96 bits per heavy atom. The number of thiophene rings is 1. The second-order valence-electron chi connectivity index (χ2n) is 6.35. The van der Waals surface area contributed by atoms with Gasteiger partial charge in [0.2, 0.25) is 0 Å². The molecule has 0 saturated heterocycles. The predicted molar refractivity (Wildman–Crippen MR) is 97.4 cm³/mol. The minimum absolute atomic E-state index is 0.155. The molecule has 0 amide bonds. The van der Waals surface area contributed by atoms with Gasteiger partial charge < -0.3 is 5.11 Å². The molecule has 0 spiro atoms. The molecule has 0 aliphatic heterocycles. The maximum atomic E-state index is 13.3. The maximum absolute atomic E-state index is 13.3. The Bertz CT molecular complexity index is 1150. The van der Waals surface area contributed by atoms with Crippen molar-refractivity contribution in [2.45, 2.75) is 25.1 Å². The van der Waals surface area contributed by atoms with Gasteiger partial charge in [0.15, 0.2) is 11.2 Å². The van der Waals surface area contributed by atoms with E-state index in [0.29, 0.717) is 21.6 Å². The Labute approximate surface area is 156 Å². The van der Waals surface area contributed by atoms with Crippen LogP contribution in [-0.4, -0.2) is 31.0 Å². The first-order valence-corrected chi connectivity index (χ1v) is 9.03. The molecule has 1 unspecified atom stereocenters. The SMILES string of the molecule is CCC(O)(c1cc2ccc(-c3cnc4nn(C)cc4c3)nc2s1)C(F)(F)F. The van der Waals surface area contributed by atoms with Crippen molar-refractivity contribution >= 4 is 32.6 Å². The number of alkyl halides is 3. The van der Waals surface area contributed by atoms with Gasteiger partial charge in [0.1, 0.15) is 4.83 Å². The highest BCUT2D eigenvalue weighted by Crippen LogP contribution is 2.45. The summed E-state index contributed by atoms with van der Waals surface area (Å²) < 4.78 is 41.7. The Morgan fingerprint density at radius 1 is 1.19 bits per heavy atom. The van der Waals surface area contributed by atoms with Gasteiger partial charge in [-0.25, -0.2) is 9.97 Å². The Morgan fingerprint density at radius 3 is 2.67 bits per heavy atom. The molecule has 4 heterocycles. The number of aromatic nitrogens is 4. The normalized spacial score (nSPS) is 14.7. The van der Waals surface area contributed by atoms with Gasteiger partial charge >= 0.3 is 6.18 Å². The fraction of sp³-hybridized carbons (Fsp3) is 0.278. The topological polar surface area (TPSA) is 63.8 Å². The van der Waals surface area contributed by atoms with E-state index in [0.717, 1.165) is 22.3 Å². The van der Waals surface area contributed by atoms with Crippen molar-refractivity contribution in [3.8, 4) is 11.3 Å². The van der Waals surface area contributed by atoms with Gasteiger partial charge in [0.25, 0.3) is 0 Å². The number of hydrogen-bond acceptors (Lipinski definition) is 5. The molecule has 9 heteroatoms. The number of halogens is 3. The molecule has 1 atom stereocenters. The van der Waals surface area contributed by atoms with Gasteiger partial charge in [-0.2, -0.15) is 18.3 Å². The highest BCUT2D eigenvalue weighted by molar-refractivity contribution is 7.18. The molecule has 140 valence electrons. The van der Waals surface area contributed by atoms with E-state index in [9.17, 15) is 18.3 Å². The summed E-state index contributed by atoms with van der Waals surface area (Å²) in [5.74, 6) is 0. The van der Waals surface area contributed by atoms with Crippen LogP contribution in [0.5, 0.6) is 0 Å². The lowest BCUT2D eigenvalue weighted by atomic mass is 9.97. The summed E-state index contributed by atoms with van der Waals surface area (Å²) in [7, 11) is 1.80. The van der Waals surface area contributed by atoms with E-state index in [1.807, 2.05) is 12.3 Å². The third-order valence-electron chi connectivity index (χ3n) is 4.54. The van der Waals surface area contributed by atoms with Crippen LogP contribution in [-0.2, 0) is 12.6 Å². The van der Waals surface area contributed by atoms with Crippen molar-refractivity contribution < 1.29 is 18.3 Å². The number of fused-ring (bicyclic) bond motifs is 2. The fourth-order valence-corrected chi connectivity index (χ4v) is 4.18. The van der Waals surface area contributed by atoms with Crippen LogP contribution in [0.1, 0.15) is 18.2 Å². The predicted octanol–water partition coefficient (Wildman–Crippen LogP) is 4.40. The second-order valence-corrected chi connectivity index (χ2v) is 7.38. The molecule has 1 N–H and O–H groups in total. The molecule has 5 nitrogen and oxygen atoms in total. The highest BCUT2D eigenvalue weighted by atomic mass is 32.1. The highest BCUT2D eigenvalue weighted by Gasteiger charge is 2.54. The van der Waals surface area contributed by atoms with Crippen LogP contribution in [0, 0.1) is 0 Å². The van der Waals surface area contributed by atoms with Crippen molar-refractivity contribution in [1.82, 2.24) is 19.7 Å². The van der Waals surface area contributed by atoms with Crippen molar-refractivity contribution in [2.75, 3.05) is 0 Å². The maximum Gasteiger partial charge on any atom is 0.422 e. The van der Waals surface area contributed by atoms with Crippen LogP contribution in [0.15, 0.2) is 36.7 Å². The Kier molecular flexibility index (Phi) is 3.97. The summed E-state index contributed by atoms with van der Waals surface area (Å²) in [6.07, 6.45) is -1.74. The number of nitrogens with zero attached hydrogens (tertiary/aromatic N) is 4. The van der Waals surface area contributed by atoms with E-state index in [4.69, 9.17) is 0 Å². The van der Waals surface area contributed by atoms with Crippen LogP contribution >= 0.6 is 11.3 Å². The average molecular weight is 392 g/mol. The van der Waals surface area contributed by atoms with Gasteiger partial charge in [0.05, 0.1) is 5.69 Å². The third-order valence-corrected chi connectivity index (χ3v) is 5.74. The van der Waals surface area contributed by atoms with E-state index in [1.165, 1.54) is 13.0 Å². The molecular weight excluding hydrogens is 377 g/mol. The molecule has 0 aliphatic carbocycles. The zero-order valence-electron chi connectivity index (χ0n) is 14.4. The summed E-state index contributed by atoms with van der Waals surface area (Å²) >= 11 is 0.854. The average Bonchev–Trinajstić information content (AvgIpc) is 3.20. The van der Waals surface area contributed by atoms with Gasteiger partial charge in [-0.15, -0.1) is 11.3 Å². The summed E-state index contributed by atoms with van der Waals surface area (Å²) in [5, 5.41) is 15.8. The van der Waals surface area contributed by atoms with Crippen molar-refractivity contribution in [3.63, 3.8) is 0 Å². The quantitative estimate of drug-likeness (QED) is 0.561. The van der Waals surface area contributed by atoms with E-state index >= 15 is 0 Å². The molecule has 4 aromatic heterocycles. The smallest absolute Gasteiger partial charge is 0.376 e. The zero-order valence-corrected chi connectivity index (χ0v) is 15.3. The first-order chi connectivity index (χ1) is 12.7. The van der Waals surface area contributed by atoms with Crippen LogP contribution in [0.3, 0.4) is 0 Å². The van der Waals surface area contributed by atoms with Gasteiger partial charge in [-0.1, -0.05) is 6.92 Å². The molecule has 0 fully saturated rings. The standard InChI is InChI=1S/C18H15F3N4OS/c1-3-17(26,18(19,20)21)14-7-10-4-5-13(23-16(10)27-14)11-6-12-9-25(2)24-15(12)22-8-11/h4-9,26H,3H2,1-2H3. The number of pyridine rings is 2. The van der Waals surface area contributed by atoms with Crippen LogP contribution in [0.2, 0.25) is 0 Å². The van der Waals surface area contributed by atoms with Gasteiger partial charge in [0, 0.05) is 40.7 Å². The minimum Gasteiger partial charge on any atom is -0.376 e. The van der Waals surface area contributed by atoms with Gasteiger partial charge in [-0.3, -0.25) is 4.68 Å². The largest absolute Gasteiger partial charge is 0.422 e. The molecule has 27 heavy (non-hydrogen) atoms. The van der Waals surface area contributed by atoms with Crippen molar-refractivity contribution in [1.29, 1.82) is 0 Å². The molecule has 0 aromatic carbocycles. The van der Waals surface area contributed by atoms with Crippen molar-refractivity contribution in [2.24, 2.45) is 7.05 Å². The lowest BCUT2D eigenvalue weighted by molar-refractivity contribution is -0.266. The van der Waals surface area contributed by atoms with E-state index in [-0.39, 0.29) is 4.88 Å². The number of aliphatic hydroxyl groups is 1. The van der Waals surface area contributed by atoms with Crippen molar-refractivity contribution in [3.05, 3.63) is 41.5 Å². The van der Waals surface area contributed by atoms with Crippen LogP contribution in [0.4, 0.5) is 13.2 Å². The monoisotopic (exact) mass is 392 g/mol. The molecule has 0 saturated carbocycles. The minimum atomic E-state index is -4.75. The first kappa shape index (κ1) is 17.9. The Balaban J connectivity index is 1.80. The molecular formula is C18H15F3N4OS. The number of rotatable bonds is 3. The fourth-order valence-electron chi connectivity index (χ4n) is 2.97. The number of hydrogen-bond donors (Lipinski definition) is 1. The van der Waals surface area contributed by atoms with Gasteiger partial charge in [-0.05, 0) is 30.7 Å². The molecule has 4 rings (SSSR count). The lowest BCUT2D eigenvalue weighted by Gasteiger charge is -2.27. The Hall–Kier alpha value is -2.52. The first-order valence-electron chi connectivity index (χ1n) is 8.21. The summed E-state index contributed by atoms with van der Waals surface area (Å²) in [6, 6.07) is 6.68. The van der Waals surface area contributed by atoms with E-state index in [2.05, 4.69) is 15.1 Å². The summed E-state index contributed by atoms with van der Waals surface area (Å²) in [4.78, 5) is 9.05. The summed E-state index contributed by atoms with van der Waals surface area (Å²) in [5.41, 5.74) is -0.914. The van der Waals surface area contributed by atoms with E-state index < -0.39 is 18.2 Å². The third kappa shape index (κ3) is 2.87. The zero-order chi connectivity index (χ0) is 19.4. The number of aryl methyl sites for hydroxylation is 1. The lowest BCUT2D eigenvalue weighted by Crippen LogP contribution is -2.40. The second kappa shape index (κ2) is 6.00. The molecule has 0 radical (unpaired) electrons. The van der Waals surface area contributed by atoms with E-state index in [1.54, 1.807) is 30.1 Å². The molecule has 4 aromatic rings. The van der Waals surface area contributed by atoms with Crippen LogP contribution < -0.4 is 0 Å². The summed E-state index contributed by atoms with van der Waals surface area (Å²) in [6.45, 7) is 1.31. The molecule has 0 bridgehead atoms. The molecule has 0 aliphatic rings. The van der Waals surface area contributed by atoms with Crippen LogP contribution in [0.25, 0.3) is 32.5 Å².